The molecule has 27 heavy (non-hydrogen) atoms. The molecule has 1 N–H and O–H groups in total. The largest absolute Gasteiger partial charge is 0.335 e. The number of amides is 1. The summed E-state index contributed by atoms with van der Waals surface area (Å²) in [4.78, 5) is 17.0. The van der Waals surface area contributed by atoms with Gasteiger partial charge in [-0.1, -0.05) is 23.7 Å². The molecule has 4 rings (SSSR count). The monoisotopic (exact) mass is 384 g/mol. The van der Waals surface area contributed by atoms with Crippen LogP contribution in [-0.4, -0.2) is 61.9 Å². The first-order chi connectivity index (χ1) is 13.1. The quantitative estimate of drug-likeness (QED) is 0.750. The second-order valence-electron chi connectivity index (χ2n) is 6.76. The first-order valence-electron chi connectivity index (χ1n) is 8.89. The number of hydrogen-bond donors (Lipinski definition) is 1. The summed E-state index contributed by atoms with van der Waals surface area (Å²) in [6, 6.07) is 9.21. The smallest absolute Gasteiger partial charge is 0.271 e. The van der Waals surface area contributed by atoms with E-state index in [1.54, 1.807) is 6.07 Å². The minimum atomic E-state index is -0.0104. The van der Waals surface area contributed by atoms with Crippen LogP contribution in [-0.2, 0) is 13.6 Å². The van der Waals surface area contributed by atoms with E-state index in [0.717, 1.165) is 30.9 Å². The molecule has 1 fully saturated rings. The van der Waals surface area contributed by atoms with Crippen molar-refractivity contribution in [2.75, 3.05) is 26.2 Å². The maximum Gasteiger partial charge on any atom is 0.271 e. The maximum atomic E-state index is 12.8. The number of carbonyl (C=O) groups is 1. The molecule has 1 aliphatic rings. The first-order valence-corrected chi connectivity index (χ1v) is 9.27. The molecule has 0 spiro atoms. The highest BCUT2D eigenvalue weighted by atomic mass is 35.5. The van der Waals surface area contributed by atoms with E-state index in [1.807, 2.05) is 53.3 Å². The SMILES string of the molecule is Cn1cc(CN2CCN(C(=O)c3cc(-c4ccc(Cl)cc4)n[nH]3)CC2)cn1. The molecule has 2 aromatic heterocycles. The van der Waals surface area contributed by atoms with Gasteiger partial charge in [-0.25, -0.2) is 0 Å². The van der Waals surface area contributed by atoms with Crippen LogP contribution < -0.4 is 0 Å². The van der Waals surface area contributed by atoms with Gasteiger partial charge in [-0.05, 0) is 18.2 Å². The van der Waals surface area contributed by atoms with E-state index in [1.165, 1.54) is 5.56 Å². The molecule has 8 heteroatoms. The predicted octanol–water partition coefficient (Wildman–Crippen LogP) is 2.42. The van der Waals surface area contributed by atoms with Gasteiger partial charge in [0.1, 0.15) is 5.69 Å². The topological polar surface area (TPSA) is 70.1 Å². The highest BCUT2D eigenvalue weighted by molar-refractivity contribution is 6.30. The fourth-order valence-electron chi connectivity index (χ4n) is 3.29. The summed E-state index contributed by atoms with van der Waals surface area (Å²) in [5, 5.41) is 12.0. The summed E-state index contributed by atoms with van der Waals surface area (Å²) in [5.41, 5.74) is 3.38. The zero-order valence-electron chi connectivity index (χ0n) is 15.1. The van der Waals surface area contributed by atoms with E-state index >= 15 is 0 Å². The number of aryl methyl sites for hydroxylation is 1. The van der Waals surface area contributed by atoms with Gasteiger partial charge < -0.3 is 4.90 Å². The van der Waals surface area contributed by atoms with Gasteiger partial charge in [-0.15, -0.1) is 0 Å². The van der Waals surface area contributed by atoms with Gasteiger partial charge in [0.05, 0.1) is 11.9 Å². The van der Waals surface area contributed by atoms with Crippen molar-refractivity contribution in [3.63, 3.8) is 0 Å². The number of rotatable bonds is 4. The molecular weight excluding hydrogens is 364 g/mol. The Hall–Kier alpha value is -2.64. The number of nitrogens with one attached hydrogen (secondary N) is 1. The number of nitrogens with zero attached hydrogens (tertiary/aromatic N) is 5. The van der Waals surface area contributed by atoms with Crippen LogP contribution in [0.15, 0.2) is 42.7 Å². The van der Waals surface area contributed by atoms with E-state index < -0.39 is 0 Å². The lowest BCUT2D eigenvalue weighted by Crippen LogP contribution is -2.48. The Kier molecular flexibility index (Phi) is 4.96. The molecule has 1 aromatic carbocycles. The molecule has 3 heterocycles. The van der Waals surface area contributed by atoms with Crippen LogP contribution in [0, 0.1) is 0 Å². The standard InChI is InChI=1S/C19H21ClN6O/c1-24-12-14(11-21-24)13-25-6-8-26(9-7-25)19(27)18-10-17(22-23-18)15-2-4-16(20)5-3-15/h2-5,10-12H,6-9,13H2,1H3,(H,22,23). The summed E-state index contributed by atoms with van der Waals surface area (Å²) in [7, 11) is 1.92. The average molecular weight is 385 g/mol. The van der Waals surface area contributed by atoms with Crippen LogP contribution in [0.4, 0.5) is 0 Å². The van der Waals surface area contributed by atoms with Crippen LogP contribution >= 0.6 is 11.6 Å². The molecule has 1 aliphatic heterocycles. The molecule has 3 aromatic rings. The van der Waals surface area contributed by atoms with Crippen molar-refractivity contribution in [2.24, 2.45) is 7.05 Å². The molecule has 7 nitrogen and oxygen atoms in total. The Morgan fingerprint density at radius 2 is 1.93 bits per heavy atom. The van der Waals surface area contributed by atoms with Gasteiger partial charge in [0.15, 0.2) is 0 Å². The normalized spacial score (nSPS) is 15.3. The predicted molar refractivity (Wildman–Crippen MR) is 103 cm³/mol. The fourth-order valence-corrected chi connectivity index (χ4v) is 3.42. The Bertz CT molecular complexity index is 924. The Morgan fingerprint density at radius 1 is 1.19 bits per heavy atom. The lowest BCUT2D eigenvalue weighted by Gasteiger charge is -2.34. The summed E-state index contributed by atoms with van der Waals surface area (Å²) in [6.07, 6.45) is 3.92. The van der Waals surface area contributed by atoms with Crippen molar-refractivity contribution in [1.82, 2.24) is 29.8 Å². The van der Waals surface area contributed by atoms with E-state index in [2.05, 4.69) is 20.2 Å². The third kappa shape index (κ3) is 4.04. The number of aromatic amines is 1. The van der Waals surface area contributed by atoms with Gasteiger partial charge in [0, 0.05) is 62.1 Å². The summed E-state index contributed by atoms with van der Waals surface area (Å²) < 4.78 is 1.81. The van der Waals surface area contributed by atoms with Crippen molar-refractivity contribution in [2.45, 2.75) is 6.54 Å². The third-order valence-electron chi connectivity index (χ3n) is 4.77. The molecule has 0 aliphatic carbocycles. The van der Waals surface area contributed by atoms with Crippen LogP contribution in [0.2, 0.25) is 5.02 Å². The number of carbonyl (C=O) groups excluding carboxylic acids is 1. The fraction of sp³-hybridized carbons (Fsp3) is 0.316. The van der Waals surface area contributed by atoms with E-state index in [-0.39, 0.29) is 5.91 Å². The van der Waals surface area contributed by atoms with Crippen molar-refractivity contribution >= 4 is 17.5 Å². The minimum absolute atomic E-state index is 0.0104. The first kappa shape index (κ1) is 17.8. The molecule has 0 bridgehead atoms. The number of aromatic nitrogens is 4. The molecule has 0 radical (unpaired) electrons. The van der Waals surface area contributed by atoms with Crippen LogP contribution in [0.5, 0.6) is 0 Å². The van der Waals surface area contributed by atoms with Gasteiger partial charge >= 0.3 is 0 Å². The zero-order valence-corrected chi connectivity index (χ0v) is 15.9. The van der Waals surface area contributed by atoms with Crippen LogP contribution in [0.3, 0.4) is 0 Å². The van der Waals surface area contributed by atoms with E-state index in [9.17, 15) is 4.79 Å². The average Bonchev–Trinajstić information content (AvgIpc) is 3.32. The third-order valence-corrected chi connectivity index (χ3v) is 5.02. The minimum Gasteiger partial charge on any atom is -0.335 e. The van der Waals surface area contributed by atoms with Crippen molar-refractivity contribution in [3.8, 4) is 11.3 Å². The van der Waals surface area contributed by atoms with Gasteiger partial charge in [-0.2, -0.15) is 10.2 Å². The second-order valence-corrected chi connectivity index (χ2v) is 7.20. The number of H-pyrrole nitrogens is 1. The molecule has 0 atom stereocenters. The van der Waals surface area contributed by atoms with Gasteiger partial charge in [-0.3, -0.25) is 19.5 Å². The van der Waals surface area contributed by atoms with E-state index in [4.69, 9.17) is 11.6 Å². The Morgan fingerprint density at radius 3 is 2.59 bits per heavy atom. The molecule has 1 amide bonds. The lowest BCUT2D eigenvalue weighted by atomic mass is 10.1. The molecule has 140 valence electrons. The van der Waals surface area contributed by atoms with Crippen molar-refractivity contribution < 1.29 is 4.79 Å². The van der Waals surface area contributed by atoms with Crippen molar-refractivity contribution in [1.29, 1.82) is 0 Å². The van der Waals surface area contributed by atoms with Gasteiger partial charge in [0.2, 0.25) is 0 Å². The molecule has 1 saturated heterocycles. The molecule has 0 unspecified atom stereocenters. The summed E-state index contributed by atoms with van der Waals surface area (Å²) >= 11 is 5.92. The van der Waals surface area contributed by atoms with Crippen LogP contribution in [0.1, 0.15) is 16.1 Å². The van der Waals surface area contributed by atoms with Gasteiger partial charge in [0.25, 0.3) is 5.91 Å². The Balaban J connectivity index is 1.36. The van der Waals surface area contributed by atoms with Crippen molar-refractivity contribution in [3.05, 3.63) is 59.0 Å². The zero-order chi connectivity index (χ0) is 18.8. The summed E-state index contributed by atoms with van der Waals surface area (Å²) in [5.74, 6) is -0.0104. The number of piperazine rings is 1. The second kappa shape index (κ2) is 7.54. The Labute approximate surface area is 162 Å². The molecule has 0 saturated carbocycles. The lowest BCUT2D eigenvalue weighted by molar-refractivity contribution is 0.0622. The van der Waals surface area contributed by atoms with Crippen LogP contribution in [0.25, 0.3) is 11.3 Å². The highest BCUT2D eigenvalue weighted by Gasteiger charge is 2.23. The highest BCUT2D eigenvalue weighted by Crippen LogP contribution is 2.21. The number of halogens is 1. The summed E-state index contributed by atoms with van der Waals surface area (Å²) in [6.45, 7) is 3.96. The number of hydrogen-bond acceptors (Lipinski definition) is 4. The molecular formula is C19H21ClN6O. The van der Waals surface area contributed by atoms with E-state index in [0.29, 0.717) is 23.8 Å². The number of benzene rings is 1. The maximum absolute atomic E-state index is 12.8.